The van der Waals surface area contributed by atoms with Gasteiger partial charge in [0.05, 0.1) is 25.4 Å². The van der Waals surface area contributed by atoms with Crippen LogP contribution in [0.3, 0.4) is 0 Å². The number of nitrogens with one attached hydrogen (secondary N) is 1. The molecular formula is C80H151NO5. The van der Waals surface area contributed by atoms with Crippen molar-refractivity contribution in [3.8, 4) is 0 Å². The highest BCUT2D eigenvalue weighted by Gasteiger charge is 2.18. The van der Waals surface area contributed by atoms with Crippen molar-refractivity contribution in [1.82, 2.24) is 5.32 Å². The van der Waals surface area contributed by atoms with Gasteiger partial charge in [0, 0.05) is 12.8 Å². The van der Waals surface area contributed by atoms with Gasteiger partial charge in [0.15, 0.2) is 0 Å². The minimum atomic E-state index is -0.844. The van der Waals surface area contributed by atoms with Crippen LogP contribution in [0.1, 0.15) is 425 Å². The molecule has 3 N–H and O–H groups in total. The third-order valence-corrected chi connectivity index (χ3v) is 18.1. The fourth-order valence-corrected chi connectivity index (χ4v) is 12.1. The molecule has 0 bridgehead atoms. The van der Waals surface area contributed by atoms with Crippen molar-refractivity contribution in [3.05, 3.63) is 48.6 Å². The molecule has 0 fully saturated rings. The molecule has 6 nitrogen and oxygen atoms in total. The summed E-state index contributed by atoms with van der Waals surface area (Å²) in [4.78, 5) is 24.6. The molecule has 0 rings (SSSR count). The van der Waals surface area contributed by atoms with Gasteiger partial charge in [-0.1, -0.05) is 371 Å². The second kappa shape index (κ2) is 75.3. The molecule has 506 valence electrons. The van der Waals surface area contributed by atoms with Crippen molar-refractivity contribution in [2.45, 2.75) is 437 Å². The Morgan fingerprint density at radius 2 is 0.581 bits per heavy atom. The summed E-state index contributed by atoms with van der Waals surface area (Å²) in [6, 6.07) is -0.628. The lowest BCUT2D eigenvalue weighted by molar-refractivity contribution is -0.143. The van der Waals surface area contributed by atoms with Crippen LogP contribution in [0, 0.1) is 0 Å². The molecule has 2 unspecified atom stereocenters. The maximum absolute atomic E-state index is 12.5. The fourth-order valence-electron chi connectivity index (χ4n) is 12.1. The van der Waals surface area contributed by atoms with Crippen LogP contribution in [-0.2, 0) is 14.3 Å². The molecule has 6 heteroatoms. The summed E-state index contributed by atoms with van der Waals surface area (Å²) in [7, 11) is 0. The summed E-state index contributed by atoms with van der Waals surface area (Å²) in [5.41, 5.74) is 0. The molecule has 0 heterocycles. The van der Waals surface area contributed by atoms with Gasteiger partial charge in [-0.15, -0.1) is 0 Å². The Hall–Kier alpha value is -2.18. The van der Waals surface area contributed by atoms with Crippen LogP contribution in [0.5, 0.6) is 0 Å². The molecule has 2 atom stereocenters. The molecule has 0 aliphatic rings. The Bertz CT molecular complexity index is 1440. The summed E-state index contributed by atoms with van der Waals surface area (Å²) in [5, 5.41) is 23.3. The number of amides is 1. The van der Waals surface area contributed by atoms with Gasteiger partial charge >= 0.3 is 5.97 Å². The number of hydrogen-bond acceptors (Lipinski definition) is 5. The van der Waals surface area contributed by atoms with E-state index < -0.39 is 12.1 Å². The number of rotatable bonds is 73. The van der Waals surface area contributed by atoms with Crippen LogP contribution in [-0.4, -0.2) is 47.4 Å². The predicted octanol–water partition coefficient (Wildman–Crippen LogP) is 25.6. The lowest BCUT2D eigenvalue weighted by atomic mass is 10.0. The van der Waals surface area contributed by atoms with Crippen molar-refractivity contribution >= 4 is 11.9 Å². The van der Waals surface area contributed by atoms with Crippen LogP contribution in [0.15, 0.2) is 48.6 Å². The van der Waals surface area contributed by atoms with E-state index in [1.165, 1.54) is 347 Å². The SMILES string of the molecule is CCCCCC/C=C\C/C=C\CCCCCCCC(=O)OCCCCCCCCCCCCCC/C=C\CCCCCCCCCCCCCCCCCCC(=O)NC(CO)C(O)/C=C/CCCCCCCCCCCCCCCCCCCCC. The van der Waals surface area contributed by atoms with Crippen LogP contribution in [0.25, 0.3) is 0 Å². The number of allylic oxidation sites excluding steroid dienone is 7. The first kappa shape index (κ1) is 83.8. The molecular weight excluding hydrogens is 1050 g/mol. The second-order valence-electron chi connectivity index (χ2n) is 26.7. The quantitative estimate of drug-likeness (QED) is 0.0320. The lowest BCUT2D eigenvalue weighted by Gasteiger charge is -2.20. The standard InChI is InChI=1S/C80H151NO5/c1-3-5-7-9-11-13-15-17-19-21-22-35-38-41-44-48-52-56-60-64-68-72-78(83)77(76-82)81-79(84)73-69-65-61-57-53-49-45-42-39-36-33-31-29-27-25-23-24-26-28-30-32-34-37-40-43-47-51-55-59-63-67-71-75-86-80(85)74-70-66-62-58-54-50-46-20-18-16-14-12-10-8-6-4-2/h14,16,20,26,28,46,68,72,77-78,82-83H,3-13,15,17-19,21-25,27,29-45,47-67,69-71,73-76H2,1-2H3,(H,81,84)/b16-14-,28-26-,46-20-,72-68+. The number of esters is 1. The molecule has 0 aliphatic carbocycles. The van der Waals surface area contributed by atoms with Crippen molar-refractivity contribution in [2.75, 3.05) is 13.2 Å². The van der Waals surface area contributed by atoms with Crippen LogP contribution >= 0.6 is 0 Å². The zero-order valence-corrected chi connectivity index (χ0v) is 58.1. The van der Waals surface area contributed by atoms with E-state index in [9.17, 15) is 19.8 Å². The van der Waals surface area contributed by atoms with E-state index in [2.05, 4.69) is 55.6 Å². The van der Waals surface area contributed by atoms with Crippen LogP contribution in [0.2, 0.25) is 0 Å². The van der Waals surface area contributed by atoms with Crippen LogP contribution < -0.4 is 5.32 Å². The van der Waals surface area contributed by atoms with Crippen molar-refractivity contribution in [1.29, 1.82) is 0 Å². The number of aliphatic hydroxyl groups excluding tert-OH is 2. The van der Waals surface area contributed by atoms with Gasteiger partial charge in [0.25, 0.3) is 0 Å². The number of carbonyl (C=O) groups is 2. The summed E-state index contributed by atoms with van der Waals surface area (Å²) >= 11 is 0. The third kappa shape index (κ3) is 70.9. The smallest absolute Gasteiger partial charge is 0.305 e. The number of carbonyl (C=O) groups excluding carboxylic acids is 2. The van der Waals surface area contributed by atoms with E-state index in [0.29, 0.717) is 19.4 Å². The van der Waals surface area contributed by atoms with Gasteiger partial charge in [0.1, 0.15) is 0 Å². The highest BCUT2D eigenvalue weighted by Crippen LogP contribution is 2.19. The highest BCUT2D eigenvalue weighted by atomic mass is 16.5. The second-order valence-corrected chi connectivity index (χ2v) is 26.7. The Kier molecular flexibility index (Phi) is 73.4. The van der Waals surface area contributed by atoms with E-state index >= 15 is 0 Å². The molecule has 1 amide bonds. The Morgan fingerprint density at radius 1 is 0.326 bits per heavy atom. The van der Waals surface area contributed by atoms with Crippen molar-refractivity contribution in [3.63, 3.8) is 0 Å². The van der Waals surface area contributed by atoms with E-state index in [1.54, 1.807) is 6.08 Å². The number of aliphatic hydroxyl groups is 2. The van der Waals surface area contributed by atoms with E-state index in [1.807, 2.05) is 6.08 Å². The normalized spacial score (nSPS) is 12.7. The van der Waals surface area contributed by atoms with Gasteiger partial charge < -0.3 is 20.3 Å². The zero-order valence-electron chi connectivity index (χ0n) is 58.1. The van der Waals surface area contributed by atoms with Gasteiger partial charge in [0.2, 0.25) is 5.91 Å². The number of hydrogen-bond donors (Lipinski definition) is 3. The molecule has 0 aliphatic heterocycles. The van der Waals surface area contributed by atoms with Crippen LogP contribution in [0.4, 0.5) is 0 Å². The Labute approximate surface area is 537 Å². The Balaban J connectivity index is 3.38. The molecule has 0 spiro atoms. The molecule has 0 aromatic carbocycles. The first-order valence-electron chi connectivity index (χ1n) is 38.9. The van der Waals surface area contributed by atoms with Gasteiger partial charge in [-0.05, 0) is 89.9 Å². The third-order valence-electron chi connectivity index (χ3n) is 18.1. The Morgan fingerprint density at radius 3 is 0.907 bits per heavy atom. The molecule has 86 heavy (non-hydrogen) atoms. The van der Waals surface area contributed by atoms with E-state index in [-0.39, 0.29) is 18.5 Å². The molecule has 0 radical (unpaired) electrons. The average molecular weight is 1210 g/mol. The monoisotopic (exact) mass is 1210 g/mol. The molecule has 0 saturated heterocycles. The van der Waals surface area contributed by atoms with Crippen molar-refractivity contribution in [2.24, 2.45) is 0 Å². The van der Waals surface area contributed by atoms with Gasteiger partial charge in [-0.25, -0.2) is 0 Å². The zero-order chi connectivity index (χ0) is 62.0. The van der Waals surface area contributed by atoms with Crippen molar-refractivity contribution < 1.29 is 24.5 Å². The lowest BCUT2D eigenvalue weighted by Crippen LogP contribution is -2.45. The summed E-state index contributed by atoms with van der Waals surface area (Å²) in [6.45, 7) is 4.92. The maximum Gasteiger partial charge on any atom is 0.305 e. The minimum Gasteiger partial charge on any atom is -0.466 e. The van der Waals surface area contributed by atoms with Gasteiger partial charge in [-0.3, -0.25) is 9.59 Å². The average Bonchev–Trinajstić information content (AvgIpc) is 3.53. The van der Waals surface area contributed by atoms with E-state index in [4.69, 9.17) is 4.74 Å². The first-order valence-corrected chi connectivity index (χ1v) is 38.9. The topological polar surface area (TPSA) is 95.9 Å². The molecule has 0 aromatic rings. The maximum atomic E-state index is 12.5. The summed E-state index contributed by atoms with van der Waals surface area (Å²) in [5.74, 6) is -0.0566. The highest BCUT2D eigenvalue weighted by molar-refractivity contribution is 5.76. The number of unbranched alkanes of at least 4 members (excludes halogenated alkanes) is 56. The molecule has 0 saturated carbocycles. The minimum absolute atomic E-state index is 0.00483. The number of ether oxygens (including phenoxy) is 1. The summed E-state index contributed by atoms with van der Waals surface area (Å²) in [6.07, 6.45) is 99.4. The van der Waals surface area contributed by atoms with Gasteiger partial charge in [-0.2, -0.15) is 0 Å². The largest absolute Gasteiger partial charge is 0.466 e. The molecule has 0 aromatic heterocycles. The first-order chi connectivity index (χ1) is 42.5. The van der Waals surface area contributed by atoms with E-state index in [0.717, 1.165) is 51.4 Å². The summed E-state index contributed by atoms with van der Waals surface area (Å²) < 4.78 is 5.49. The predicted molar refractivity (Wildman–Crippen MR) is 379 cm³/mol. The fraction of sp³-hybridized carbons (Fsp3) is 0.875.